The van der Waals surface area contributed by atoms with Crippen molar-refractivity contribution >= 4 is 15.8 Å². The number of piperidine rings is 2. The lowest BCUT2D eigenvalue weighted by Crippen LogP contribution is -2.39. The standard InChI is InChI=1S/C15H28N2O3S/c1-21(19,20)17-10-2-3-14(12-17)11-15(18)5-4-13-6-8-16-9-7-13/h13-14,16H,2-12H2,1H3. The van der Waals surface area contributed by atoms with Crippen LogP contribution >= 0.6 is 0 Å². The van der Waals surface area contributed by atoms with Crippen LogP contribution < -0.4 is 5.32 Å². The second-order valence-corrected chi connectivity index (χ2v) is 8.59. The third-order valence-electron chi connectivity index (χ3n) is 4.76. The summed E-state index contributed by atoms with van der Waals surface area (Å²) in [6.45, 7) is 3.28. The van der Waals surface area contributed by atoms with Crippen LogP contribution in [0.2, 0.25) is 0 Å². The van der Waals surface area contributed by atoms with Crippen LogP contribution in [0, 0.1) is 11.8 Å². The molecule has 2 aliphatic heterocycles. The highest BCUT2D eigenvalue weighted by Crippen LogP contribution is 2.24. The molecule has 0 aliphatic carbocycles. The molecule has 0 bridgehead atoms. The predicted octanol–water partition coefficient (Wildman–Crippen LogP) is 1.40. The van der Waals surface area contributed by atoms with Gasteiger partial charge in [-0.2, -0.15) is 0 Å². The van der Waals surface area contributed by atoms with Gasteiger partial charge in [-0.15, -0.1) is 0 Å². The van der Waals surface area contributed by atoms with Gasteiger partial charge in [-0.3, -0.25) is 4.79 Å². The van der Waals surface area contributed by atoms with E-state index in [-0.39, 0.29) is 5.92 Å². The van der Waals surface area contributed by atoms with E-state index in [9.17, 15) is 13.2 Å². The lowest BCUT2D eigenvalue weighted by Gasteiger charge is -2.30. The Labute approximate surface area is 128 Å². The maximum absolute atomic E-state index is 12.1. The highest BCUT2D eigenvalue weighted by molar-refractivity contribution is 7.88. The Bertz CT molecular complexity index is 444. The number of Topliss-reactive ketones (excluding diaryl/α,β-unsaturated/α-hetero) is 1. The summed E-state index contributed by atoms with van der Waals surface area (Å²) in [4.78, 5) is 12.1. The first-order valence-electron chi connectivity index (χ1n) is 8.12. The topological polar surface area (TPSA) is 66.5 Å². The third kappa shape index (κ3) is 5.68. The zero-order chi connectivity index (χ0) is 15.3. The fourth-order valence-electron chi connectivity index (χ4n) is 3.45. The Morgan fingerprint density at radius 3 is 2.57 bits per heavy atom. The monoisotopic (exact) mass is 316 g/mol. The Hall–Kier alpha value is -0.460. The predicted molar refractivity (Wildman–Crippen MR) is 83.6 cm³/mol. The van der Waals surface area contributed by atoms with Crippen LogP contribution in [0.4, 0.5) is 0 Å². The molecule has 2 saturated heterocycles. The van der Waals surface area contributed by atoms with E-state index >= 15 is 0 Å². The fraction of sp³-hybridized carbons (Fsp3) is 0.933. The Morgan fingerprint density at radius 2 is 1.90 bits per heavy atom. The number of rotatable bonds is 6. The highest BCUT2D eigenvalue weighted by atomic mass is 32.2. The van der Waals surface area contributed by atoms with Crippen LogP contribution in [0.15, 0.2) is 0 Å². The molecule has 6 heteroatoms. The molecule has 2 fully saturated rings. The quantitative estimate of drug-likeness (QED) is 0.804. The number of carbonyl (C=O) groups is 1. The molecule has 5 nitrogen and oxygen atoms in total. The number of nitrogens with zero attached hydrogens (tertiary/aromatic N) is 1. The minimum absolute atomic E-state index is 0.217. The molecule has 2 rings (SSSR count). The van der Waals surface area contributed by atoms with Gasteiger partial charge in [0.1, 0.15) is 5.78 Å². The van der Waals surface area contributed by atoms with Gasteiger partial charge in [-0.1, -0.05) is 0 Å². The van der Waals surface area contributed by atoms with Gasteiger partial charge in [-0.25, -0.2) is 12.7 Å². The summed E-state index contributed by atoms with van der Waals surface area (Å²) < 4.78 is 24.7. The second kappa shape index (κ2) is 7.70. The van der Waals surface area contributed by atoms with Crippen molar-refractivity contribution in [3.8, 4) is 0 Å². The molecular formula is C15H28N2O3S. The Morgan fingerprint density at radius 1 is 1.19 bits per heavy atom. The molecule has 2 aliphatic rings. The average molecular weight is 316 g/mol. The maximum Gasteiger partial charge on any atom is 0.211 e. The molecule has 0 saturated carbocycles. The van der Waals surface area contributed by atoms with Crippen molar-refractivity contribution in [2.45, 2.75) is 44.9 Å². The van der Waals surface area contributed by atoms with Crippen LogP contribution in [0.5, 0.6) is 0 Å². The van der Waals surface area contributed by atoms with Gasteiger partial charge < -0.3 is 5.32 Å². The molecular weight excluding hydrogens is 288 g/mol. The van der Waals surface area contributed by atoms with Crippen LogP contribution in [0.3, 0.4) is 0 Å². The van der Waals surface area contributed by atoms with Gasteiger partial charge in [0.2, 0.25) is 10.0 Å². The molecule has 0 aromatic heterocycles. The van der Waals surface area contributed by atoms with Crippen molar-refractivity contribution in [3.05, 3.63) is 0 Å². The number of nitrogens with one attached hydrogen (secondary N) is 1. The molecule has 1 unspecified atom stereocenters. The largest absolute Gasteiger partial charge is 0.317 e. The van der Waals surface area contributed by atoms with Crippen molar-refractivity contribution in [2.75, 3.05) is 32.4 Å². The minimum Gasteiger partial charge on any atom is -0.317 e. The van der Waals surface area contributed by atoms with Crippen molar-refractivity contribution in [1.82, 2.24) is 9.62 Å². The third-order valence-corrected chi connectivity index (χ3v) is 6.03. The van der Waals surface area contributed by atoms with Crippen molar-refractivity contribution < 1.29 is 13.2 Å². The van der Waals surface area contributed by atoms with E-state index in [0.29, 0.717) is 37.6 Å². The van der Waals surface area contributed by atoms with Crippen molar-refractivity contribution in [3.63, 3.8) is 0 Å². The van der Waals surface area contributed by atoms with Gasteiger partial charge in [0.05, 0.1) is 6.26 Å². The molecule has 0 aromatic carbocycles. The average Bonchev–Trinajstić information content (AvgIpc) is 2.46. The number of ketones is 1. The summed E-state index contributed by atoms with van der Waals surface area (Å²) in [6, 6.07) is 0. The van der Waals surface area contributed by atoms with Crippen LogP contribution in [-0.4, -0.2) is 50.9 Å². The van der Waals surface area contributed by atoms with E-state index < -0.39 is 10.0 Å². The SMILES string of the molecule is CS(=O)(=O)N1CCCC(CC(=O)CCC2CCNCC2)C1. The van der Waals surface area contributed by atoms with Crippen molar-refractivity contribution in [2.24, 2.45) is 11.8 Å². The van der Waals surface area contributed by atoms with E-state index in [2.05, 4.69) is 5.32 Å². The molecule has 21 heavy (non-hydrogen) atoms. The van der Waals surface area contributed by atoms with Gasteiger partial charge in [0.25, 0.3) is 0 Å². The number of sulfonamides is 1. The van der Waals surface area contributed by atoms with E-state index in [1.54, 1.807) is 0 Å². The van der Waals surface area contributed by atoms with E-state index in [1.807, 2.05) is 0 Å². The molecule has 0 aromatic rings. The van der Waals surface area contributed by atoms with Gasteiger partial charge in [-0.05, 0) is 57.0 Å². The van der Waals surface area contributed by atoms with Gasteiger partial charge in [0, 0.05) is 25.9 Å². The van der Waals surface area contributed by atoms with E-state index in [0.717, 1.165) is 32.4 Å². The van der Waals surface area contributed by atoms with Crippen LogP contribution in [0.1, 0.15) is 44.9 Å². The van der Waals surface area contributed by atoms with E-state index in [4.69, 9.17) is 0 Å². The zero-order valence-electron chi connectivity index (χ0n) is 13.0. The Kier molecular flexibility index (Phi) is 6.20. The lowest BCUT2D eigenvalue weighted by atomic mass is 9.89. The summed E-state index contributed by atoms with van der Waals surface area (Å²) >= 11 is 0. The first-order valence-corrected chi connectivity index (χ1v) is 9.97. The first-order chi connectivity index (χ1) is 9.95. The smallest absolute Gasteiger partial charge is 0.211 e. The van der Waals surface area contributed by atoms with Crippen molar-refractivity contribution in [1.29, 1.82) is 0 Å². The number of hydrogen-bond donors (Lipinski definition) is 1. The zero-order valence-corrected chi connectivity index (χ0v) is 13.8. The van der Waals surface area contributed by atoms with Crippen LogP contribution in [0.25, 0.3) is 0 Å². The first kappa shape index (κ1) is 16.9. The van der Waals surface area contributed by atoms with E-state index in [1.165, 1.54) is 23.4 Å². The molecule has 2 heterocycles. The van der Waals surface area contributed by atoms with Gasteiger partial charge >= 0.3 is 0 Å². The summed E-state index contributed by atoms with van der Waals surface area (Å²) in [7, 11) is -3.11. The summed E-state index contributed by atoms with van der Waals surface area (Å²) in [6.07, 6.45) is 7.69. The molecule has 0 radical (unpaired) electrons. The minimum atomic E-state index is -3.11. The molecule has 1 N–H and O–H groups in total. The molecule has 0 amide bonds. The Balaban J connectivity index is 1.71. The van der Waals surface area contributed by atoms with Crippen LogP contribution in [-0.2, 0) is 14.8 Å². The second-order valence-electron chi connectivity index (χ2n) is 6.60. The number of carbonyl (C=O) groups excluding carboxylic acids is 1. The molecule has 1 atom stereocenters. The normalized spacial score (nSPS) is 25.9. The maximum atomic E-state index is 12.1. The summed E-state index contributed by atoms with van der Waals surface area (Å²) in [5.41, 5.74) is 0. The number of hydrogen-bond acceptors (Lipinski definition) is 4. The fourth-order valence-corrected chi connectivity index (χ4v) is 4.40. The van der Waals surface area contributed by atoms with Gasteiger partial charge in [0.15, 0.2) is 0 Å². The summed E-state index contributed by atoms with van der Waals surface area (Å²) in [5, 5.41) is 3.34. The lowest BCUT2D eigenvalue weighted by molar-refractivity contribution is -0.120. The molecule has 0 spiro atoms. The molecule has 122 valence electrons. The highest BCUT2D eigenvalue weighted by Gasteiger charge is 2.27. The summed E-state index contributed by atoms with van der Waals surface area (Å²) in [5.74, 6) is 1.22.